The van der Waals surface area contributed by atoms with E-state index < -0.39 is 17.0 Å². The quantitative estimate of drug-likeness (QED) is 0.530. The number of rotatable bonds is 1. The molecule has 0 saturated carbocycles. The molecule has 0 fully saturated rings. The third-order valence-electron chi connectivity index (χ3n) is 5.80. The highest BCUT2D eigenvalue weighted by Crippen LogP contribution is 2.49. The van der Waals surface area contributed by atoms with Crippen LogP contribution in [0.15, 0.2) is 46.1 Å². The monoisotopic (exact) mass is 447 g/mol. The fourth-order valence-electron chi connectivity index (χ4n) is 4.37. The molecular formula is C21H16F3N3OS2. The maximum atomic E-state index is 13.3. The summed E-state index contributed by atoms with van der Waals surface area (Å²) in [7, 11) is 3.34. The first-order chi connectivity index (χ1) is 14.2. The van der Waals surface area contributed by atoms with Gasteiger partial charge in [-0.1, -0.05) is 24.3 Å². The SMILES string of the molecule is Cn1c2c(c(=O)n(C)c1=S)C(c1csc(C(F)(F)F)c1)C1=C(N2)c2ccccc2C1. The summed E-state index contributed by atoms with van der Waals surface area (Å²) in [6, 6.07) is 9.01. The highest BCUT2D eigenvalue weighted by molar-refractivity contribution is 7.71. The first kappa shape index (κ1) is 19.3. The third-order valence-corrected chi connectivity index (χ3v) is 7.34. The minimum atomic E-state index is -4.42. The lowest BCUT2D eigenvalue weighted by atomic mass is 9.83. The van der Waals surface area contributed by atoms with Gasteiger partial charge in [0.25, 0.3) is 5.56 Å². The van der Waals surface area contributed by atoms with Crippen LogP contribution in [0.5, 0.6) is 0 Å². The first-order valence-electron chi connectivity index (χ1n) is 9.22. The zero-order valence-electron chi connectivity index (χ0n) is 16.0. The first-order valence-corrected chi connectivity index (χ1v) is 10.5. The molecule has 9 heteroatoms. The Balaban J connectivity index is 1.81. The standard InChI is InChI=1S/C21H16F3N3OS2/c1-26-18-16(19(28)27(2)20(26)29)15(11-8-14(30-9-11)21(22,23)24)13-7-10-5-3-4-6-12(10)17(13)25-18/h3-6,8-9,15,25H,7H2,1-2H3. The number of hydrogen-bond donors (Lipinski definition) is 1. The van der Waals surface area contributed by atoms with Crippen LogP contribution in [0.3, 0.4) is 0 Å². The summed E-state index contributed by atoms with van der Waals surface area (Å²) in [5, 5.41) is 4.88. The van der Waals surface area contributed by atoms with Crippen LogP contribution in [-0.4, -0.2) is 9.13 Å². The predicted octanol–water partition coefficient (Wildman–Crippen LogP) is 5.06. The summed E-state index contributed by atoms with van der Waals surface area (Å²) in [6.45, 7) is 0. The number of aromatic nitrogens is 2. The number of fused-ring (bicyclic) bond motifs is 3. The van der Waals surface area contributed by atoms with Gasteiger partial charge in [-0.15, -0.1) is 11.3 Å². The fourth-order valence-corrected chi connectivity index (χ4v) is 5.35. The van der Waals surface area contributed by atoms with Crippen molar-refractivity contribution >= 4 is 35.1 Å². The van der Waals surface area contributed by atoms with Crippen molar-refractivity contribution in [1.29, 1.82) is 0 Å². The van der Waals surface area contributed by atoms with E-state index in [2.05, 4.69) is 5.32 Å². The van der Waals surface area contributed by atoms with Crippen molar-refractivity contribution in [2.24, 2.45) is 14.1 Å². The molecule has 1 aromatic carbocycles. The van der Waals surface area contributed by atoms with Crippen molar-refractivity contribution in [3.05, 3.63) is 83.5 Å². The van der Waals surface area contributed by atoms with Crippen molar-refractivity contribution in [2.75, 3.05) is 5.32 Å². The number of hydrogen-bond acceptors (Lipinski definition) is 4. The Morgan fingerprint density at radius 2 is 1.93 bits per heavy atom. The van der Waals surface area contributed by atoms with Crippen molar-refractivity contribution in [2.45, 2.75) is 18.5 Å². The summed E-state index contributed by atoms with van der Waals surface area (Å²) in [5.41, 5.74) is 4.44. The van der Waals surface area contributed by atoms with Crippen molar-refractivity contribution in [1.82, 2.24) is 9.13 Å². The van der Waals surface area contributed by atoms with Crippen LogP contribution >= 0.6 is 23.6 Å². The molecule has 3 heterocycles. The lowest BCUT2D eigenvalue weighted by Crippen LogP contribution is -2.33. The minimum absolute atomic E-state index is 0.298. The average molecular weight is 448 g/mol. The van der Waals surface area contributed by atoms with Crippen LogP contribution in [0, 0.1) is 4.77 Å². The number of halogens is 3. The normalized spacial score (nSPS) is 17.4. The van der Waals surface area contributed by atoms with E-state index in [4.69, 9.17) is 12.2 Å². The van der Waals surface area contributed by atoms with Crippen LogP contribution in [0.4, 0.5) is 19.0 Å². The Hall–Kier alpha value is -2.65. The summed E-state index contributed by atoms with van der Waals surface area (Å²) in [5.74, 6) is -0.0418. The van der Waals surface area contributed by atoms with Crippen LogP contribution in [0.2, 0.25) is 0 Å². The van der Waals surface area contributed by atoms with Gasteiger partial charge in [0.2, 0.25) is 0 Å². The minimum Gasteiger partial charge on any atom is -0.341 e. The lowest BCUT2D eigenvalue weighted by Gasteiger charge is -2.30. The molecule has 5 rings (SSSR count). The van der Waals surface area contributed by atoms with Crippen LogP contribution in [-0.2, 0) is 26.7 Å². The Morgan fingerprint density at radius 3 is 2.63 bits per heavy atom. The van der Waals surface area contributed by atoms with E-state index in [1.807, 2.05) is 24.3 Å². The molecule has 0 radical (unpaired) electrons. The van der Waals surface area contributed by atoms with E-state index in [-0.39, 0.29) is 5.56 Å². The van der Waals surface area contributed by atoms with E-state index in [0.29, 0.717) is 39.5 Å². The Kier molecular flexibility index (Phi) is 4.14. The lowest BCUT2D eigenvalue weighted by molar-refractivity contribution is -0.134. The summed E-state index contributed by atoms with van der Waals surface area (Å²) in [4.78, 5) is 12.6. The number of allylic oxidation sites excluding steroid dienone is 1. The zero-order chi connectivity index (χ0) is 21.4. The highest BCUT2D eigenvalue weighted by Gasteiger charge is 2.40. The van der Waals surface area contributed by atoms with E-state index in [0.717, 1.165) is 22.4 Å². The molecular weight excluding hydrogens is 431 g/mol. The molecule has 0 amide bonds. The average Bonchev–Trinajstić information content (AvgIpc) is 3.34. The van der Waals surface area contributed by atoms with Gasteiger partial charge in [-0.25, -0.2) is 0 Å². The van der Waals surface area contributed by atoms with Gasteiger partial charge in [-0.2, -0.15) is 13.2 Å². The van der Waals surface area contributed by atoms with E-state index in [9.17, 15) is 18.0 Å². The predicted molar refractivity (Wildman–Crippen MR) is 113 cm³/mol. The fraction of sp³-hybridized carbons (Fsp3) is 0.238. The molecule has 1 atom stereocenters. The van der Waals surface area contributed by atoms with Crippen molar-refractivity contribution in [3.63, 3.8) is 0 Å². The van der Waals surface area contributed by atoms with Crippen molar-refractivity contribution < 1.29 is 13.2 Å². The molecule has 1 unspecified atom stereocenters. The summed E-state index contributed by atoms with van der Waals surface area (Å²) < 4.78 is 43.3. The molecule has 4 nitrogen and oxygen atoms in total. The summed E-state index contributed by atoms with van der Waals surface area (Å²) >= 11 is 6.05. The van der Waals surface area contributed by atoms with Gasteiger partial charge in [0.05, 0.1) is 5.56 Å². The Morgan fingerprint density at radius 1 is 1.20 bits per heavy atom. The van der Waals surface area contributed by atoms with Gasteiger partial charge >= 0.3 is 6.18 Å². The molecule has 1 N–H and O–H groups in total. The Labute approximate surface area is 178 Å². The van der Waals surface area contributed by atoms with Gasteiger partial charge < -0.3 is 9.88 Å². The second kappa shape index (κ2) is 6.42. The topological polar surface area (TPSA) is 39.0 Å². The summed E-state index contributed by atoms with van der Waals surface area (Å²) in [6.07, 6.45) is -3.85. The van der Waals surface area contributed by atoms with Gasteiger partial charge in [-0.05, 0) is 46.8 Å². The van der Waals surface area contributed by atoms with Crippen LogP contribution < -0.4 is 10.9 Å². The number of nitrogens with one attached hydrogen (secondary N) is 1. The number of nitrogens with zero attached hydrogens (tertiary/aromatic N) is 2. The maximum Gasteiger partial charge on any atom is 0.425 e. The van der Waals surface area contributed by atoms with Gasteiger partial charge in [0.1, 0.15) is 10.7 Å². The highest BCUT2D eigenvalue weighted by atomic mass is 32.1. The molecule has 2 aliphatic rings. The van der Waals surface area contributed by atoms with E-state index in [1.54, 1.807) is 18.7 Å². The molecule has 1 aliphatic carbocycles. The molecule has 2 aromatic heterocycles. The zero-order valence-corrected chi connectivity index (χ0v) is 17.6. The second-order valence-electron chi connectivity index (χ2n) is 7.50. The Bertz CT molecular complexity index is 1360. The smallest absolute Gasteiger partial charge is 0.341 e. The van der Waals surface area contributed by atoms with Gasteiger partial charge in [0.15, 0.2) is 4.77 Å². The number of thiophene rings is 1. The molecule has 0 bridgehead atoms. The van der Waals surface area contributed by atoms with Gasteiger partial charge in [0, 0.05) is 31.3 Å². The molecule has 0 spiro atoms. The largest absolute Gasteiger partial charge is 0.425 e. The van der Waals surface area contributed by atoms with E-state index in [1.165, 1.54) is 16.0 Å². The molecule has 0 saturated heterocycles. The molecule has 30 heavy (non-hydrogen) atoms. The molecule has 1 aliphatic heterocycles. The number of alkyl halides is 3. The molecule has 3 aromatic rings. The van der Waals surface area contributed by atoms with Gasteiger partial charge in [-0.3, -0.25) is 9.36 Å². The third kappa shape index (κ3) is 2.65. The van der Waals surface area contributed by atoms with Crippen molar-refractivity contribution in [3.8, 4) is 0 Å². The number of anilines is 1. The van der Waals surface area contributed by atoms with Crippen LogP contribution in [0.1, 0.15) is 33.0 Å². The second-order valence-corrected chi connectivity index (χ2v) is 8.78. The van der Waals surface area contributed by atoms with Crippen LogP contribution in [0.25, 0.3) is 5.70 Å². The maximum absolute atomic E-state index is 13.3. The van der Waals surface area contributed by atoms with E-state index >= 15 is 0 Å². The molecule has 154 valence electrons. The number of benzene rings is 1.